The predicted molar refractivity (Wildman–Crippen MR) is 115 cm³/mol. The number of amides is 1. The molecule has 6 nitrogen and oxygen atoms in total. The summed E-state index contributed by atoms with van der Waals surface area (Å²) >= 11 is 0. The molecular formula is C21H32ClNO5S. The second kappa shape index (κ2) is 9.94. The molecule has 0 aliphatic rings. The molecule has 2 atom stereocenters. The lowest BCUT2D eigenvalue weighted by Gasteiger charge is -2.27. The van der Waals surface area contributed by atoms with E-state index in [4.69, 9.17) is 20.2 Å². The fourth-order valence-electron chi connectivity index (χ4n) is 2.66. The van der Waals surface area contributed by atoms with Crippen molar-refractivity contribution < 1.29 is 23.3 Å². The maximum Gasteiger partial charge on any atom is 0.408 e. The van der Waals surface area contributed by atoms with Gasteiger partial charge < -0.3 is 14.8 Å². The van der Waals surface area contributed by atoms with Gasteiger partial charge in [0.05, 0.1) is 4.90 Å². The molecule has 1 amide bonds. The lowest BCUT2D eigenvalue weighted by molar-refractivity contribution is -0.157. The summed E-state index contributed by atoms with van der Waals surface area (Å²) < 4.78 is 22.5. The zero-order chi connectivity index (χ0) is 22.6. The average Bonchev–Trinajstić information content (AvgIpc) is 2.50. The molecule has 1 rings (SSSR count). The van der Waals surface area contributed by atoms with Crippen LogP contribution in [0, 0.1) is 0 Å². The smallest absolute Gasteiger partial charge is 0.408 e. The molecule has 0 aromatic heterocycles. The van der Waals surface area contributed by atoms with E-state index in [-0.39, 0.29) is 12.3 Å². The summed E-state index contributed by atoms with van der Waals surface area (Å²) in [4.78, 5) is 25.5. The van der Waals surface area contributed by atoms with E-state index >= 15 is 0 Å². The minimum absolute atomic E-state index is 0.156. The Morgan fingerprint density at radius 2 is 1.62 bits per heavy atom. The normalized spacial score (nSPS) is 14.3. The highest BCUT2D eigenvalue weighted by molar-refractivity contribution is 8.08. The van der Waals surface area contributed by atoms with Crippen molar-refractivity contribution in [1.29, 1.82) is 0 Å². The van der Waals surface area contributed by atoms with Gasteiger partial charge in [-0.15, -0.1) is 0 Å². The van der Waals surface area contributed by atoms with Crippen LogP contribution in [0.2, 0.25) is 0 Å². The lowest BCUT2D eigenvalue weighted by atomic mass is 9.93. The standard InChI is InChI=1S/C21H32ClNO5S/c1-13(2)16-10-9-15(29(22)26)11-14(16)12-17(18(24)27-20(3,4)5)23-19(25)28-21(6,7)8/h9-11,13,17H,12H2,1-8H3,(H,23,25). The van der Waals surface area contributed by atoms with E-state index < -0.39 is 39.3 Å². The van der Waals surface area contributed by atoms with Gasteiger partial charge in [-0.3, -0.25) is 0 Å². The Bertz CT molecular complexity index is 765. The van der Waals surface area contributed by atoms with Crippen LogP contribution in [0.4, 0.5) is 4.79 Å². The van der Waals surface area contributed by atoms with Crippen molar-refractivity contribution in [2.75, 3.05) is 0 Å². The topological polar surface area (TPSA) is 81.7 Å². The molecule has 1 aromatic carbocycles. The molecular weight excluding hydrogens is 414 g/mol. The first-order valence-electron chi connectivity index (χ1n) is 9.52. The number of halogens is 1. The second-order valence-corrected chi connectivity index (χ2v) is 10.9. The number of ether oxygens (including phenoxy) is 2. The fourth-order valence-corrected chi connectivity index (χ4v) is 3.36. The van der Waals surface area contributed by atoms with Gasteiger partial charge in [0.15, 0.2) is 0 Å². The van der Waals surface area contributed by atoms with Gasteiger partial charge in [-0.25, -0.2) is 13.8 Å². The zero-order valence-corrected chi connectivity index (χ0v) is 20.0. The van der Waals surface area contributed by atoms with E-state index in [1.54, 1.807) is 53.7 Å². The number of benzene rings is 1. The summed E-state index contributed by atoms with van der Waals surface area (Å²) in [6.07, 6.45) is -0.555. The Kier molecular flexibility index (Phi) is 8.72. The average molecular weight is 446 g/mol. The van der Waals surface area contributed by atoms with Crippen molar-refractivity contribution >= 4 is 32.8 Å². The van der Waals surface area contributed by atoms with Gasteiger partial charge >= 0.3 is 12.1 Å². The lowest BCUT2D eigenvalue weighted by Crippen LogP contribution is -2.47. The number of esters is 1. The quantitative estimate of drug-likeness (QED) is 0.500. The van der Waals surface area contributed by atoms with Crippen molar-refractivity contribution in [2.24, 2.45) is 0 Å². The molecule has 0 aliphatic heterocycles. The van der Waals surface area contributed by atoms with Gasteiger partial charge in [0.2, 0.25) is 0 Å². The third kappa shape index (κ3) is 9.17. The molecule has 0 radical (unpaired) electrons. The molecule has 1 N–H and O–H groups in total. The number of carbonyl (C=O) groups excluding carboxylic acids is 2. The van der Waals surface area contributed by atoms with Crippen LogP contribution in [0.1, 0.15) is 72.4 Å². The minimum Gasteiger partial charge on any atom is -0.458 e. The molecule has 2 unspecified atom stereocenters. The Hall–Kier alpha value is -1.60. The van der Waals surface area contributed by atoms with Crippen LogP contribution in [0.3, 0.4) is 0 Å². The summed E-state index contributed by atoms with van der Waals surface area (Å²) in [6.45, 7) is 14.5. The Labute approximate surface area is 180 Å². The SMILES string of the molecule is CC(C)c1ccc(S(=O)Cl)cc1CC(NC(=O)OC(C)(C)C)C(=O)OC(C)(C)C. The monoisotopic (exact) mass is 445 g/mol. The molecule has 1 aromatic rings. The summed E-state index contributed by atoms with van der Waals surface area (Å²) in [5.74, 6) is -0.418. The van der Waals surface area contributed by atoms with Crippen molar-refractivity contribution in [3.63, 3.8) is 0 Å². The van der Waals surface area contributed by atoms with Crippen molar-refractivity contribution in [1.82, 2.24) is 5.32 Å². The first-order valence-corrected chi connectivity index (χ1v) is 11.5. The predicted octanol–water partition coefficient (Wildman–Crippen LogP) is 4.85. The largest absolute Gasteiger partial charge is 0.458 e. The highest BCUT2D eigenvalue weighted by Gasteiger charge is 2.30. The Balaban J connectivity index is 3.25. The van der Waals surface area contributed by atoms with E-state index in [0.717, 1.165) is 11.1 Å². The minimum atomic E-state index is -1.68. The van der Waals surface area contributed by atoms with Crippen LogP contribution in [-0.4, -0.2) is 33.5 Å². The maximum absolute atomic E-state index is 12.8. The fraction of sp³-hybridized carbons (Fsp3) is 0.619. The molecule has 0 saturated carbocycles. The molecule has 164 valence electrons. The first-order chi connectivity index (χ1) is 13.1. The molecule has 8 heteroatoms. The van der Waals surface area contributed by atoms with Gasteiger partial charge in [-0.05, 0) is 81.4 Å². The molecule has 0 spiro atoms. The third-order valence-corrected chi connectivity index (χ3v) is 4.89. The Morgan fingerprint density at radius 1 is 1.07 bits per heavy atom. The number of nitrogens with one attached hydrogen (secondary N) is 1. The van der Waals surface area contributed by atoms with E-state index in [2.05, 4.69) is 5.32 Å². The van der Waals surface area contributed by atoms with Crippen LogP contribution < -0.4 is 5.32 Å². The maximum atomic E-state index is 12.8. The molecule has 0 saturated heterocycles. The number of rotatable bonds is 6. The number of hydrogen-bond acceptors (Lipinski definition) is 5. The summed E-state index contributed by atoms with van der Waals surface area (Å²) in [5.41, 5.74) is 0.306. The summed E-state index contributed by atoms with van der Waals surface area (Å²) in [7, 11) is 4.06. The van der Waals surface area contributed by atoms with Gasteiger partial charge in [0, 0.05) is 6.42 Å². The molecule has 0 bridgehead atoms. The first kappa shape index (κ1) is 25.4. The van der Waals surface area contributed by atoms with Crippen LogP contribution in [0.15, 0.2) is 23.1 Å². The van der Waals surface area contributed by atoms with E-state index in [9.17, 15) is 13.8 Å². The number of carbonyl (C=O) groups is 2. The van der Waals surface area contributed by atoms with E-state index in [1.807, 2.05) is 19.9 Å². The molecule has 0 heterocycles. The van der Waals surface area contributed by atoms with E-state index in [0.29, 0.717) is 4.90 Å². The van der Waals surface area contributed by atoms with Crippen molar-refractivity contribution in [2.45, 2.75) is 89.9 Å². The number of hydrogen-bond donors (Lipinski definition) is 1. The van der Waals surface area contributed by atoms with Crippen LogP contribution >= 0.6 is 10.7 Å². The number of alkyl carbamates (subject to hydrolysis) is 1. The second-order valence-electron chi connectivity index (χ2n) is 9.18. The van der Waals surface area contributed by atoms with Crippen LogP contribution in [-0.2, 0) is 30.7 Å². The van der Waals surface area contributed by atoms with Gasteiger partial charge in [-0.1, -0.05) is 19.9 Å². The zero-order valence-electron chi connectivity index (χ0n) is 18.4. The summed E-state index contributed by atoms with van der Waals surface area (Å²) in [6, 6.07) is 4.27. The van der Waals surface area contributed by atoms with Crippen molar-refractivity contribution in [3.05, 3.63) is 29.3 Å². The third-order valence-electron chi connectivity index (χ3n) is 3.73. The molecule has 29 heavy (non-hydrogen) atoms. The Morgan fingerprint density at radius 3 is 2.07 bits per heavy atom. The summed E-state index contributed by atoms with van der Waals surface area (Å²) in [5, 5.41) is 2.61. The van der Waals surface area contributed by atoms with Crippen molar-refractivity contribution in [3.8, 4) is 0 Å². The molecule has 0 aliphatic carbocycles. The highest BCUT2D eigenvalue weighted by Crippen LogP contribution is 2.25. The van der Waals surface area contributed by atoms with Gasteiger partial charge in [0.25, 0.3) is 0 Å². The van der Waals surface area contributed by atoms with Crippen LogP contribution in [0.25, 0.3) is 0 Å². The van der Waals surface area contributed by atoms with E-state index in [1.165, 1.54) is 0 Å². The van der Waals surface area contributed by atoms with Crippen LogP contribution in [0.5, 0.6) is 0 Å². The van der Waals surface area contributed by atoms with Gasteiger partial charge in [-0.2, -0.15) is 0 Å². The molecule has 0 fully saturated rings. The van der Waals surface area contributed by atoms with Gasteiger partial charge in [0.1, 0.15) is 27.3 Å². The highest BCUT2D eigenvalue weighted by atomic mass is 35.7.